The van der Waals surface area contributed by atoms with Crippen molar-refractivity contribution in [3.05, 3.63) is 17.2 Å². The van der Waals surface area contributed by atoms with Crippen molar-refractivity contribution in [3.8, 4) is 0 Å². The van der Waals surface area contributed by atoms with Crippen LogP contribution >= 0.6 is 0 Å². The molecule has 18 heavy (non-hydrogen) atoms. The number of aromatic amines is 1. The number of carbonyl (C=O) groups excluding carboxylic acids is 1. The highest BCUT2D eigenvalue weighted by Crippen LogP contribution is 2.15. The van der Waals surface area contributed by atoms with Gasteiger partial charge in [0.25, 0.3) is 0 Å². The lowest BCUT2D eigenvalue weighted by molar-refractivity contribution is -0.141. The molecule has 0 bridgehead atoms. The maximum Gasteiger partial charge on any atom is 0.239 e. The monoisotopic (exact) mass is 250 g/mol. The van der Waals surface area contributed by atoms with Gasteiger partial charge in [0.2, 0.25) is 5.91 Å². The van der Waals surface area contributed by atoms with Crippen LogP contribution < -0.4 is 0 Å². The zero-order valence-corrected chi connectivity index (χ0v) is 11.7. The Hall–Kier alpha value is -1.36. The lowest BCUT2D eigenvalue weighted by Crippen LogP contribution is -2.55. The number of amides is 1. The van der Waals surface area contributed by atoms with Crippen LogP contribution in [0.25, 0.3) is 0 Å². The van der Waals surface area contributed by atoms with Gasteiger partial charge in [0, 0.05) is 31.9 Å². The second-order valence-corrected chi connectivity index (χ2v) is 4.96. The smallest absolute Gasteiger partial charge is 0.239 e. The number of rotatable bonds is 3. The molecule has 100 valence electrons. The molecule has 5 nitrogen and oxygen atoms in total. The predicted octanol–water partition coefficient (Wildman–Crippen LogP) is 1.08. The van der Waals surface area contributed by atoms with Crippen LogP contribution in [0, 0.1) is 13.8 Å². The average Bonchev–Trinajstić information content (AvgIpc) is 2.64. The molecule has 1 saturated heterocycles. The van der Waals surface area contributed by atoms with Gasteiger partial charge in [0.05, 0.1) is 11.7 Å². The highest BCUT2D eigenvalue weighted by molar-refractivity contribution is 5.82. The first-order valence-electron chi connectivity index (χ1n) is 6.57. The summed E-state index contributed by atoms with van der Waals surface area (Å²) in [5.41, 5.74) is 2.15. The van der Waals surface area contributed by atoms with Gasteiger partial charge in [0.1, 0.15) is 5.82 Å². The number of H-pyrrole nitrogens is 1. The topological polar surface area (TPSA) is 52.2 Å². The van der Waals surface area contributed by atoms with E-state index in [1.54, 1.807) is 0 Å². The van der Waals surface area contributed by atoms with Gasteiger partial charge in [-0.15, -0.1) is 0 Å². The molecule has 0 spiro atoms. The van der Waals surface area contributed by atoms with Gasteiger partial charge in [-0.2, -0.15) is 0 Å². The number of imidazole rings is 1. The molecule has 1 aromatic rings. The molecule has 1 amide bonds. The summed E-state index contributed by atoms with van der Waals surface area (Å²) in [6, 6.07) is -0.0462. The third-order valence-electron chi connectivity index (χ3n) is 3.71. The zero-order chi connectivity index (χ0) is 13.3. The zero-order valence-electron chi connectivity index (χ0n) is 11.7. The number of hydrogen-bond acceptors (Lipinski definition) is 3. The molecule has 0 aromatic carbocycles. The molecule has 1 aromatic heterocycles. The van der Waals surface area contributed by atoms with Gasteiger partial charge >= 0.3 is 0 Å². The van der Waals surface area contributed by atoms with Crippen LogP contribution in [-0.4, -0.2) is 51.4 Å². The van der Waals surface area contributed by atoms with Crippen LogP contribution in [0.4, 0.5) is 0 Å². The van der Waals surface area contributed by atoms with E-state index in [2.05, 4.69) is 14.9 Å². The molecular weight excluding hydrogens is 228 g/mol. The molecule has 1 N–H and O–H groups in total. The Morgan fingerprint density at radius 2 is 2.11 bits per heavy atom. The number of hydrogen-bond donors (Lipinski definition) is 1. The molecule has 0 aliphatic carbocycles. The Balaban J connectivity index is 2.07. The van der Waals surface area contributed by atoms with Crippen LogP contribution in [0.3, 0.4) is 0 Å². The lowest BCUT2D eigenvalue weighted by atomic mass is 10.1. The standard InChI is InChI=1S/C13H22N4O/c1-5-16-6-7-17(10(3)13(16)18)8-12-9(2)14-11(4)15-12/h10H,5-8H2,1-4H3,(H,14,15). The summed E-state index contributed by atoms with van der Waals surface area (Å²) >= 11 is 0. The number of likely N-dealkylation sites (N-methyl/N-ethyl adjacent to an activating group) is 1. The molecule has 1 aliphatic heterocycles. The third-order valence-corrected chi connectivity index (χ3v) is 3.71. The molecule has 1 fully saturated rings. The minimum Gasteiger partial charge on any atom is -0.346 e. The van der Waals surface area contributed by atoms with E-state index in [1.807, 2.05) is 32.6 Å². The Bertz CT molecular complexity index is 440. The van der Waals surface area contributed by atoms with Gasteiger partial charge in [0.15, 0.2) is 0 Å². The fourth-order valence-corrected chi connectivity index (χ4v) is 2.51. The van der Waals surface area contributed by atoms with Gasteiger partial charge < -0.3 is 9.88 Å². The average molecular weight is 250 g/mol. The summed E-state index contributed by atoms with van der Waals surface area (Å²) in [5.74, 6) is 1.17. The maximum atomic E-state index is 12.1. The van der Waals surface area contributed by atoms with E-state index in [4.69, 9.17) is 0 Å². The molecular formula is C13H22N4O. The lowest BCUT2D eigenvalue weighted by Gasteiger charge is -2.38. The third kappa shape index (κ3) is 2.41. The predicted molar refractivity (Wildman–Crippen MR) is 70.2 cm³/mol. The minimum atomic E-state index is -0.0462. The van der Waals surface area contributed by atoms with Crippen LogP contribution in [0.2, 0.25) is 0 Å². The number of piperazine rings is 1. The largest absolute Gasteiger partial charge is 0.346 e. The summed E-state index contributed by atoms with van der Waals surface area (Å²) in [6.07, 6.45) is 0. The van der Waals surface area contributed by atoms with E-state index < -0.39 is 0 Å². The SMILES string of the molecule is CCN1CCN(Cc2nc(C)[nH]c2C)C(C)C1=O. The van der Waals surface area contributed by atoms with Gasteiger partial charge in [-0.05, 0) is 27.7 Å². The highest BCUT2D eigenvalue weighted by Gasteiger charge is 2.30. The Morgan fingerprint density at radius 3 is 2.67 bits per heavy atom. The quantitative estimate of drug-likeness (QED) is 0.873. The van der Waals surface area contributed by atoms with Crippen LogP contribution in [0.5, 0.6) is 0 Å². The van der Waals surface area contributed by atoms with Gasteiger partial charge in [-0.25, -0.2) is 4.98 Å². The molecule has 0 saturated carbocycles. The van der Waals surface area contributed by atoms with Crippen molar-refractivity contribution < 1.29 is 4.79 Å². The van der Waals surface area contributed by atoms with Crippen molar-refractivity contribution >= 4 is 5.91 Å². The maximum absolute atomic E-state index is 12.1. The summed E-state index contributed by atoms with van der Waals surface area (Å²) in [7, 11) is 0. The first-order valence-corrected chi connectivity index (χ1v) is 6.57. The van der Waals surface area contributed by atoms with Gasteiger partial charge in [-0.3, -0.25) is 9.69 Å². The summed E-state index contributed by atoms with van der Waals surface area (Å²) in [4.78, 5) is 23.9. The molecule has 0 radical (unpaired) electrons. The van der Waals surface area contributed by atoms with Crippen molar-refractivity contribution in [2.24, 2.45) is 0 Å². The molecule has 1 atom stereocenters. The summed E-state index contributed by atoms with van der Waals surface area (Å²) in [5, 5.41) is 0. The van der Waals surface area contributed by atoms with E-state index in [1.165, 1.54) is 0 Å². The fraction of sp³-hybridized carbons (Fsp3) is 0.692. The van der Waals surface area contributed by atoms with E-state index in [0.717, 1.165) is 43.4 Å². The number of carbonyl (C=O) groups is 1. The van der Waals surface area contributed by atoms with Crippen LogP contribution in [-0.2, 0) is 11.3 Å². The van der Waals surface area contributed by atoms with Crippen molar-refractivity contribution in [1.82, 2.24) is 19.8 Å². The fourth-order valence-electron chi connectivity index (χ4n) is 2.51. The normalized spacial score (nSPS) is 21.7. The van der Waals surface area contributed by atoms with Crippen molar-refractivity contribution in [1.29, 1.82) is 0 Å². The van der Waals surface area contributed by atoms with E-state index in [0.29, 0.717) is 0 Å². The van der Waals surface area contributed by atoms with E-state index in [9.17, 15) is 4.79 Å². The Morgan fingerprint density at radius 1 is 1.39 bits per heavy atom. The minimum absolute atomic E-state index is 0.0462. The Labute approximate surface area is 108 Å². The highest BCUT2D eigenvalue weighted by atomic mass is 16.2. The number of nitrogens with one attached hydrogen (secondary N) is 1. The Kier molecular flexibility index (Phi) is 3.71. The van der Waals surface area contributed by atoms with E-state index in [-0.39, 0.29) is 11.9 Å². The van der Waals surface area contributed by atoms with Crippen molar-refractivity contribution in [3.63, 3.8) is 0 Å². The second-order valence-electron chi connectivity index (χ2n) is 4.96. The number of nitrogens with zero attached hydrogens (tertiary/aromatic N) is 3. The van der Waals surface area contributed by atoms with Gasteiger partial charge in [-0.1, -0.05) is 0 Å². The first-order chi connectivity index (χ1) is 8.52. The van der Waals surface area contributed by atoms with E-state index >= 15 is 0 Å². The molecule has 2 rings (SSSR count). The molecule has 5 heteroatoms. The van der Waals surface area contributed by atoms with Crippen molar-refractivity contribution in [2.45, 2.75) is 40.3 Å². The molecule has 2 heterocycles. The number of aromatic nitrogens is 2. The summed E-state index contributed by atoms with van der Waals surface area (Å²) < 4.78 is 0. The van der Waals surface area contributed by atoms with Crippen molar-refractivity contribution in [2.75, 3.05) is 19.6 Å². The first kappa shape index (κ1) is 13.1. The second kappa shape index (κ2) is 5.10. The number of aryl methyl sites for hydroxylation is 2. The molecule has 1 unspecified atom stereocenters. The van der Waals surface area contributed by atoms with Crippen LogP contribution in [0.15, 0.2) is 0 Å². The van der Waals surface area contributed by atoms with Crippen LogP contribution in [0.1, 0.15) is 31.1 Å². The molecule has 1 aliphatic rings. The summed E-state index contributed by atoms with van der Waals surface area (Å²) in [6.45, 7) is 11.3.